The number of carboxylic acids is 2. The third kappa shape index (κ3) is 12.2. The van der Waals surface area contributed by atoms with Crippen LogP contribution < -0.4 is 27.4 Å². The van der Waals surface area contributed by atoms with E-state index < -0.39 is 54.3 Å². The first-order chi connectivity index (χ1) is 30.7. The van der Waals surface area contributed by atoms with E-state index >= 15 is 0 Å². The number of alkyl carbamates (subject to hydrolysis) is 1. The number of nitrogens with two attached hydrogens (primary N) is 2. The topological polar surface area (TPSA) is 256 Å². The van der Waals surface area contributed by atoms with Crippen molar-refractivity contribution in [2.45, 2.75) is 56.2 Å². The average molecular weight is 914 g/mol. The molecule has 3 aliphatic rings. The van der Waals surface area contributed by atoms with Crippen LogP contribution in [0.2, 0.25) is 0 Å². The van der Waals surface area contributed by atoms with Gasteiger partial charge in [-0.2, -0.15) is 26.3 Å². The highest BCUT2D eigenvalue weighted by Crippen LogP contribution is 2.44. The summed E-state index contributed by atoms with van der Waals surface area (Å²) < 4.78 is 69.1. The zero-order chi connectivity index (χ0) is 47.6. The number of aliphatic carboxylic acids is 2. The van der Waals surface area contributed by atoms with Crippen LogP contribution in [0.5, 0.6) is 0 Å². The number of carboxylic acid groups (broad SMARTS) is 2. The van der Waals surface area contributed by atoms with Crippen molar-refractivity contribution in [3.63, 3.8) is 0 Å². The summed E-state index contributed by atoms with van der Waals surface area (Å²) in [4.78, 5) is 76.9. The Morgan fingerprint density at radius 2 is 1.32 bits per heavy atom. The lowest BCUT2D eigenvalue weighted by Crippen LogP contribution is -2.54. The molecule has 4 amide bonds. The summed E-state index contributed by atoms with van der Waals surface area (Å²) in [6.45, 7) is 0.615. The van der Waals surface area contributed by atoms with Crippen LogP contribution in [-0.4, -0.2) is 101 Å². The van der Waals surface area contributed by atoms with Crippen molar-refractivity contribution in [3.05, 3.63) is 119 Å². The van der Waals surface area contributed by atoms with E-state index in [4.69, 9.17) is 41.0 Å². The van der Waals surface area contributed by atoms with Crippen LogP contribution in [-0.2, 0) is 30.5 Å². The maximum absolute atomic E-state index is 13.7. The Morgan fingerprint density at radius 1 is 0.785 bits per heavy atom. The van der Waals surface area contributed by atoms with Crippen molar-refractivity contribution in [2.75, 3.05) is 25.0 Å². The van der Waals surface area contributed by atoms with Gasteiger partial charge in [0.05, 0.1) is 30.4 Å². The van der Waals surface area contributed by atoms with Gasteiger partial charge >= 0.3 is 30.4 Å². The SMILES string of the molecule is NCCCC[C@H](N)C(=O)N[C@@H](CNC(=O)OCC1c2ccccc2-c2ccccc21)C(=O)Nc1ccc2c(c1)CN1C(=O)c3ccccc3C1=N2.O=C(O)C(F)(F)F.O=C(O)C(F)(F)F. The van der Waals surface area contributed by atoms with Crippen LogP contribution >= 0.6 is 0 Å². The quantitative estimate of drug-likeness (QED) is 0.0698. The maximum atomic E-state index is 13.7. The number of hydrogen-bond acceptors (Lipinski definition) is 10. The molecule has 0 spiro atoms. The van der Waals surface area contributed by atoms with Gasteiger partial charge in [0.15, 0.2) is 0 Å². The van der Waals surface area contributed by atoms with Crippen molar-refractivity contribution in [1.82, 2.24) is 15.5 Å². The van der Waals surface area contributed by atoms with Crippen LogP contribution in [0.4, 0.5) is 42.5 Å². The van der Waals surface area contributed by atoms with Gasteiger partial charge in [-0.1, -0.05) is 73.2 Å². The fourth-order valence-electron chi connectivity index (χ4n) is 6.89. The number of hydrogen-bond donors (Lipinski definition) is 7. The number of unbranched alkanes of at least 4 members (excludes halogenated alkanes) is 1. The number of halogens is 6. The Balaban J connectivity index is 0.000000492. The molecule has 0 bridgehead atoms. The second kappa shape index (κ2) is 20.9. The van der Waals surface area contributed by atoms with E-state index in [0.29, 0.717) is 48.6 Å². The second-order valence-electron chi connectivity index (χ2n) is 14.5. The van der Waals surface area contributed by atoms with Gasteiger partial charge in [0, 0.05) is 17.2 Å². The number of amidine groups is 1. The number of ether oxygens (including phenoxy) is 1. The van der Waals surface area contributed by atoms with Gasteiger partial charge in [0.1, 0.15) is 18.5 Å². The Kier molecular flexibility index (Phi) is 15.7. The molecule has 22 heteroatoms. The van der Waals surface area contributed by atoms with Gasteiger partial charge in [-0.3, -0.25) is 19.3 Å². The number of benzene rings is 4. The minimum absolute atomic E-state index is 0.0963. The molecule has 0 radical (unpaired) electrons. The van der Waals surface area contributed by atoms with Crippen LogP contribution in [0.15, 0.2) is 96.0 Å². The van der Waals surface area contributed by atoms with Crippen molar-refractivity contribution in [3.8, 4) is 11.1 Å². The standard InChI is InChI=1S/C39H39N7O5.2C2HF3O2/c40-18-8-7-15-32(41)36(47)45-34(20-42-39(50)51-22-31-27-11-3-1-9-25(27)26-10-2-4-12-28(26)31)37(48)43-24-16-17-33-23(19-24)21-46-35(44-33)29-13-5-6-14-30(29)38(46)49;2*3-2(4,5)1(6)7/h1-6,9-14,16-17,19,31-32,34H,7-8,15,18,20-22,40-41H2,(H,42,50)(H,43,48)(H,45,47);2*(H,6,7)/t32-,34-;;/m0../s1. The highest BCUT2D eigenvalue weighted by molar-refractivity contribution is 6.24. The number of rotatable bonds is 12. The Bertz CT molecular complexity index is 2410. The van der Waals surface area contributed by atoms with Gasteiger partial charge in [-0.15, -0.1) is 0 Å². The molecule has 0 saturated heterocycles. The van der Waals surface area contributed by atoms with Crippen molar-refractivity contribution in [1.29, 1.82) is 0 Å². The van der Waals surface area contributed by atoms with E-state index in [9.17, 15) is 45.5 Å². The van der Waals surface area contributed by atoms with E-state index in [1.807, 2.05) is 54.6 Å². The molecule has 2 heterocycles. The average Bonchev–Trinajstić information content (AvgIpc) is 3.73. The van der Waals surface area contributed by atoms with Gasteiger partial charge in [-0.25, -0.2) is 19.4 Å². The van der Waals surface area contributed by atoms with Crippen LogP contribution in [0.3, 0.4) is 0 Å². The lowest BCUT2D eigenvalue weighted by atomic mass is 9.98. The predicted molar refractivity (Wildman–Crippen MR) is 221 cm³/mol. The first-order valence-corrected chi connectivity index (χ1v) is 19.6. The number of nitrogens with zero attached hydrogens (tertiary/aromatic N) is 2. The van der Waals surface area contributed by atoms with E-state index in [0.717, 1.165) is 33.4 Å². The van der Waals surface area contributed by atoms with Gasteiger partial charge in [0.2, 0.25) is 11.8 Å². The third-order valence-corrected chi connectivity index (χ3v) is 10.0. The lowest BCUT2D eigenvalue weighted by Gasteiger charge is -2.24. The van der Waals surface area contributed by atoms with Crippen LogP contribution in [0, 0.1) is 0 Å². The summed E-state index contributed by atoms with van der Waals surface area (Å²) in [6, 6.07) is 26.6. The number of aliphatic imine (C=N–C) groups is 1. The molecule has 7 rings (SSSR count). The highest BCUT2D eigenvalue weighted by atomic mass is 19.4. The fraction of sp³-hybridized carbons (Fsp3) is 0.279. The Labute approximate surface area is 365 Å². The van der Waals surface area contributed by atoms with Gasteiger partial charge < -0.3 is 42.4 Å². The Hall–Kier alpha value is -7.33. The predicted octanol–water partition coefficient (Wildman–Crippen LogP) is 5.42. The first kappa shape index (κ1) is 48.7. The number of fused-ring (bicyclic) bond motifs is 7. The van der Waals surface area contributed by atoms with Crippen LogP contribution in [0.1, 0.15) is 57.8 Å². The molecule has 65 heavy (non-hydrogen) atoms. The molecular formula is C43H41F6N7O9. The molecule has 1 aliphatic carbocycles. The van der Waals surface area contributed by atoms with E-state index in [1.54, 1.807) is 29.2 Å². The molecule has 4 aromatic rings. The Morgan fingerprint density at radius 3 is 1.88 bits per heavy atom. The van der Waals surface area contributed by atoms with Crippen molar-refractivity contribution in [2.24, 2.45) is 16.5 Å². The zero-order valence-electron chi connectivity index (χ0n) is 33.9. The minimum Gasteiger partial charge on any atom is -0.475 e. The summed E-state index contributed by atoms with van der Waals surface area (Å²) in [5.41, 5.74) is 19.3. The molecule has 0 aromatic heterocycles. The normalized spacial score (nSPS) is 14.2. The largest absolute Gasteiger partial charge is 0.490 e. The van der Waals surface area contributed by atoms with Crippen LogP contribution in [0.25, 0.3) is 11.1 Å². The first-order valence-electron chi connectivity index (χ1n) is 19.6. The number of nitrogens with one attached hydrogen (secondary N) is 3. The number of amides is 4. The lowest BCUT2D eigenvalue weighted by molar-refractivity contribution is -0.193. The molecule has 2 aliphatic heterocycles. The summed E-state index contributed by atoms with van der Waals surface area (Å²) in [7, 11) is 0. The summed E-state index contributed by atoms with van der Waals surface area (Å²) in [6.07, 6.45) is -9.13. The second-order valence-corrected chi connectivity index (χ2v) is 14.5. The smallest absolute Gasteiger partial charge is 0.475 e. The number of anilines is 1. The summed E-state index contributed by atoms with van der Waals surface area (Å²) in [5.74, 6) is -6.27. The monoisotopic (exact) mass is 913 g/mol. The number of alkyl halides is 6. The molecule has 2 atom stereocenters. The maximum Gasteiger partial charge on any atom is 0.490 e. The van der Waals surface area contributed by atoms with Crippen molar-refractivity contribution < 1.29 is 70.1 Å². The summed E-state index contributed by atoms with van der Waals surface area (Å²) >= 11 is 0. The van der Waals surface area contributed by atoms with E-state index in [2.05, 4.69) is 28.1 Å². The van der Waals surface area contributed by atoms with Crippen molar-refractivity contribution >= 4 is 53.0 Å². The van der Waals surface area contributed by atoms with Gasteiger partial charge in [0.25, 0.3) is 5.91 Å². The third-order valence-electron chi connectivity index (χ3n) is 10.0. The molecular weight excluding hydrogens is 873 g/mol. The van der Waals surface area contributed by atoms with Gasteiger partial charge in [-0.05, 0) is 71.5 Å². The molecule has 0 saturated carbocycles. The molecule has 16 nitrogen and oxygen atoms in total. The van der Waals surface area contributed by atoms with E-state index in [-0.39, 0.29) is 31.5 Å². The zero-order valence-corrected chi connectivity index (χ0v) is 33.9. The molecule has 344 valence electrons. The minimum atomic E-state index is -5.08. The molecule has 4 aromatic carbocycles. The molecule has 0 unspecified atom stereocenters. The highest BCUT2D eigenvalue weighted by Gasteiger charge is 2.39. The molecule has 0 fully saturated rings. The molecule has 9 N–H and O–H groups in total. The number of carbonyl (C=O) groups is 6. The van der Waals surface area contributed by atoms with E-state index in [1.165, 1.54) is 0 Å². The fourth-order valence-corrected chi connectivity index (χ4v) is 6.89. The summed E-state index contributed by atoms with van der Waals surface area (Å²) in [5, 5.41) is 22.4. The number of carbonyl (C=O) groups excluding carboxylic acids is 4.